The maximum atomic E-state index is 11.5. The highest BCUT2D eigenvalue weighted by Gasteiger charge is 2.01. The van der Waals surface area contributed by atoms with Gasteiger partial charge in [-0.05, 0) is 52.9 Å². The second-order valence-electron chi connectivity index (χ2n) is 6.50. The minimum Gasteiger partial charge on any atom is -0.463 e. The van der Waals surface area contributed by atoms with Gasteiger partial charge in [-0.3, -0.25) is 0 Å². The van der Waals surface area contributed by atoms with E-state index in [1.54, 1.807) is 13.0 Å². The molecule has 28 heavy (non-hydrogen) atoms. The molecule has 0 fully saturated rings. The van der Waals surface area contributed by atoms with Crippen LogP contribution in [0, 0.1) is 0 Å². The van der Waals surface area contributed by atoms with Crippen molar-refractivity contribution in [3.8, 4) is 11.1 Å². The van der Waals surface area contributed by atoms with Crippen LogP contribution in [0.2, 0.25) is 0 Å². The molecule has 0 saturated carbocycles. The zero-order chi connectivity index (χ0) is 19.6. The van der Waals surface area contributed by atoms with Crippen LogP contribution in [0.4, 0.5) is 0 Å². The predicted molar refractivity (Wildman–Crippen MR) is 115 cm³/mol. The second kappa shape index (κ2) is 10.2. The van der Waals surface area contributed by atoms with Crippen LogP contribution in [0.5, 0.6) is 0 Å². The van der Waals surface area contributed by atoms with Crippen molar-refractivity contribution in [3.05, 3.63) is 102 Å². The van der Waals surface area contributed by atoms with Crippen LogP contribution < -0.4 is 5.32 Å². The zero-order valence-electron chi connectivity index (χ0n) is 16.1. The Morgan fingerprint density at radius 2 is 1.54 bits per heavy atom. The summed E-state index contributed by atoms with van der Waals surface area (Å²) < 4.78 is 4.93. The van der Waals surface area contributed by atoms with E-state index >= 15 is 0 Å². The quantitative estimate of drug-likeness (QED) is 0.436. The Balaban J connectivity index is 1.66. The fraction of sp³-hybridized carbons (Fsp3) is 0.160. The predicted octanol–water partition coefficient (Wildman–Crippen LogP) is 5.22. The molecule has 3 aromatic rings. The third kappa shape index (κ3) is 5.93. The van der Waals surface area contributed by atoms with E-state index in [0.29, 0.717) is 6.61 Å². The smallest absolute Gasteiger partial charge is 0.330 e. The van der Waals surface area contributed by atoms with Crippen LogP contribution >= 0.6 is 0 Å². The molecular formula is C25H25NO2. The number of nitrogens with one attached hydrogen (secondary N) is 1. The highest BCUT2D eigenvalue weighted by molar-refractivity contribution is 5.87. The summed E-state index contributed by atoms with van der Waals surface area (Å²) in [6, 6.07) is 27.0. The van der Waals surface area contributed by atoms with Crippen LogP contribution in [-0.4, -0.2) is 12.6 Å². The Labute approximate surface area is 166 Å². The number of carbonyl (C=O) groups excluding carboxylic acids is 1. The third-order valence-corrected chi connectivity index (χ3v) is 4.35. The minimum atomic E-state index is -0.320. The van der Waals surface area contributed by atoms with Crippen molar-refractivity contribution in [2.75, 3.05) is 6.61 Å². The van der Waals surface area contributed by atoms with E-state index < -0.39 is 0 Å². The van der Waals surface area contributed by atoms with Gasteiger partial charge in [0.2, 0.25) is 0 Å². The highest BCUT2D eigenvalue weighted by atomic mass is 16.5. The lowest BCUT2D eigenvalue weighted by Gasteiger charge is -2.08. The molecule has 3 heteroatoms. The first-order valence-corrected chi connectivity index (χ1v) is 9.53. The first kappa shape index (κ1) is 19.6. The molecule has 0 aliphatic rings. The lowest BCUT2D eigenvalue weighted by molar-refractivity contribution is -0.137. The molecule has 0 saturated heterocycles. The topological polar surface area (TPSA) is 38.3 Å². The van der Waals surface area contributed by atoms with Gasteiger partial charge < -0.3 is 10.1 Å². The normalized spacial score (nSPS) is 10.9. The lowest BCUT2D eigenvalue weighted by atomic mass is 10.0. The average molecular weight is 371 g/mol. The van der Waals surface area contributed by atoms with Crippen LogP contribution in [0.25, 0.3) is 17.2 Å². The summed E-state index contributed by atoms with van der Waals surface area (Å²) in [4.78, 5) is 11.5. The van der Waals surface area contributed by atoms with Gasteiger partial charge in [-0.25, -0.2) is 4.79 Å². The molecule has 1 N–H and O–H groups in total. The van der Waals surface area contributed by atoms with Crippen molar-refractivity contribution in [1.29, 1.82) is 0 Å². The van der Waals surface area contributed by atoms with Crippen molar-refractivity contribution in [2.45, 2.75) is 20.0 Å². The van der Waals surface area contributed by atoms with Gasteiger partial charge in [-0.2, -0.15) is 0 Å². The van der Waals surface area contributed by atoms with Gasteiger partial charge in [0.25, 0.3) is 0 Å². The number of ether oxygens (including phenoxy) is 1. The summed E-state index contributed by atoms with van der Waals surface area (Å²) in [5, 5.41) is 3.49. The molecule has 0 unspecified atom stereocenters. The standard InChI is InChI=1S/C25H25NO2/c1-2-28-25(27)15-14-20-10-6-12-23(16-20)24-13-7-11-22(17-24)19-26-18-21-8-4-3-5-9-21/h3-17,26H,2,18-19H2,1H3. The van der Waals surface area contributed by atoms with Gasteiger partial charge in [0.15, 0.2) is 0 Å². The number of rotatable bonds is 8. The molecular weight excluding hydrogens is 346 g/mol. The van der Waals surface area contributed by atoms with Gasteiger partial charge in [-0.15, -0.1) is 0 Å². The summed E-state index contributed by atoms with van der Waals surface area (Å²) in [5.74, 6) is -0.320. The van der Waals surface area contributed by atoms with Crippen molar-refractivity contribution in [1.82, 2.24) is 5.32 Å². The second-order valence-corrected chi connectivity index (χ2v) is 6.50. The number of hydrogen-bond acceptors (Lipinski definition) is 3. The van der Waals surface area contributed by atoms with E-state index in [1.165, 1.54) is 17.2 Å². The number of esters is 1. The van der Waals surface area contributed by atoms with E-state index in [-0.39, 0.29) is 5.97 Å². The average Bonchev–Trinajstić information content (AvgIpc) is 2.74. The molecule has 0 aliphatic heterocycles. The molecule has 0 atom stereocenters. The fourth-order valence-corrected chi connectivity index (χ4v) is 2.98. The van der Waals surface area contributed by atoms with E-state index in [0.717, 1.165) is 29.8 Å². The molecule has 0 radical (unpaired) electrons. The molecule has 3 aromatic carbocycles. The minimum absolute atomic E-state index is 0.320. The summed E-state index contributed by atoms with van der Waals surface area (Å²) >= 11 is 0. The van der Waals surface area contributed by atoms with Crippen molar-refractivity contribution in [3.63, 3.8) is 0 Å². The van der Waals surface area contributed by atoms with E-state index in [9.17, 15) is 4.79 Å². The fourth-order valence-electron chi connectivity index (χ4n) is 2.98. The summed E-state index contributed by atoms with van der Waals surface area (Å²) in [5.41, 5.74) is 5.76. The van der Waals surface area contributed by atoms with E-state index in [4.69, 9.17) is 4.74 Å². The molecule has 3 nitrogen and oxygen atoms in total. The highest BCUT2D eigenvalue weighted by Crippen LogP contribution is 2.22. The third-order valence-electron chi connectivity index (χ3n) is 4.35. The molecule has 0 bridgehead atoms. The summed E-state index contributed by atoms with van der Waals surface area (Å²) in [6.07, 6.45) is 3.25. The molecule has 3 rings (SSSR count). The largest absolute Gasteiger partial charge is 0.463 e. The van der Waals surface area contributed by atoms with Gasteiger partial charge in [0.1, 0.15) is 0 Å². The summed E-state index contributed by atoms with van der Waals surface area (Å²) in [6.45, 7) is 3.84. The van der Waals surface area contributed by atoms with E-state index in [2.05, 4.69) is 66.0 Å². The van der Waals surface area contributed by atoms with Crippen LogP contribution in [0.1, 0.15) is 23.6 Å². The van der Waals surface area contributed by atoms with Gasteiger partial charge in [0.05, 0.1) is 6.61 Å². The van der Waals surface area contributed by atoms with Crippen molar-refractivity contribution < 1.29 is 9.53 Å². The van der Waals surface area contributed by atoms with Gasteiger partial charge in [0, 0.05) is 19.2 Å². The monoisotopic (exact) mass is 371 g/mol. The van der Waals surface area contributed by atoms with E-state index in [1.807, 2.05) is 18.2 Å². The van der Waals surface area contributed by atoms with Crippen molar-refractivity contribution in [2.24, 2.45) is 0 Å². The van der Waals surface area contributed by atoms with Crippen LogP contribution in [0.15, 0.2) is 84.9 Å². The molecule has 0 heterocycles. The molecule has 0 aliphatic carbocycles. The Hall–Kier alpha value is -3.17. The zero-order valence-corrected chi connectivity index (χ0v) is 16.1. The number of carbonyl (C=O) groups is 1. The molecule has 0 aromatic heterocycles. The van der Waals surface area contributed by atoms with Gasteiger partial charge >= 0.3 is 5.97 Å². The first-order chi connectivity index (χ1) is 13.7. The Bertz CT molecular complexity index is 932. The Morgan fingerprint density at radius 1 is 0.857 bits per heavy atom. The van der Waals surface area contributed by atoms with Crippen molar-refractivity contribution >= 4 is 12.0 Å². The number of benzene rings is 3. The number of hydrogen-bond donors (Lipinski definition) is 1. The van der Waals surface area contributed by atoms with Crippen LogP contribution in [-0.2, 0) is 22.6 Å². The molecule has 0 spiro atoms. The maximum Gasteiger partial charge on any atom is 0.330 e. The Kier molecular flexibility index (Phi) is 7.16. The Morgan fingerprint density at radius 3 is 2.32 bits per heavy atom. The molecule has 142 valence electrons. The van der Waals surface area contributed by atoms with Gasteiger partial charge in [-0.1, -0.05) is 66.7 Å². The van der Waals surface area contributed by atoms with Crippen LogP contribution in [0.3, 0.4) is 0 Å². The SMILES string of the molecule is CCOC(=O)C=Cc1cccc(-c2cccc(CNCc3ccccc3)c2)c1. The summed E-state index contributed by atoms with van der Waals surface area (Å²) in [7, 11) is 0. The maximum absolute atomic E-state index is 11.5. The lowest BCUT2D eigenvalue weighted by Crippen LogP contribution is -2.12. The molecule has 0 amide bonds. The first-order valence-electron chi connectivity index (χ1n) is 9.53.